The predicted molar refractivity (Wildman–Crippen MR) is 129 cm³/mol. The second-order valence-electron chi connectivity index (χ2n) is 9.37. The summed E-state index contributed by atoms with van der Waals surface area (Å²) in [6.45, 7) is 4.63. The zero-order valence-electron chi connectivity index (χ0n) is 19.9. The van der Waals surface area contributed by atoms with Crippen LogP contribution in [0, 0.1) is 19.8 Å². The molecule has 0 saturated carbocycles. The SMILES string of the molecule is Cc1cc(Cl)c(CNC(=O)c2cc(Cl)c3c(c2C)O[C@@](C)(C2CCN(CC(F)(F)F)CC2)O3)c(=O)[nH]1. The maximum atomic E-state index is 13.0. The summed E-state index contributed by atoms with van der Waals surface area (Å²) in [7, 11) is 0. The first-order chi connectivity index (χ1) is 16.8. The third-order valence-electron chi connectivity index (χ3n) is 6.67. The van der Waals surface area contributed by atoms with Crippen molar-refractivity contribution in [2.45, 2.75) is 52.1 Å². The van der Waals surface area contributed by atoms with Crippen molar-refractivity contribution in [3.05, 3.63) is 54.9 Å². The van der Waals surface area contributed by atoms with Crippen LogP contribution < -0.4 is 20.3 Å². The van der Waals surface area contributed by atoms with Crippen LogP contribution in [0.4, 0.5) is 13.2 Å². The highest BCUT2D eigenvalue weighted by Crippen LogP contribution is 2.51. The van der Waals surface area contributed by atoms with Crippen molar-refractivity contribution < 1.29 is 27.4 Å². The number of nitrogens with one attached hydrogen (secondary N) is 2. The average Bonchev–Trinajstić information content (AvgIpc) is 3.14. The fourth-order valence-corrected chi connectivity index (χ4v) is 5.27. The van der Waals surface area contributed by atoms with E-state index in [9.17, 15) is 22.8 Å². The van der Waals surface area contributed by atoms with Crippen molar-refractivity contribution in [3.8, 4) is 11.5 Å². The van der Waals surface area contributed by atoms with E-state index in [1.807, 2.05) is 0 Å². The molecule has 1 atom stereocenters. The molecule has 0 bridgehead atoms. The molecule has 1 aromatic carbocycles. The fourth-order valence-electron chi connectivity index (χ4n) is 4.72. The number of rotatable bonds is 5. The summed E-state index contributed by atoms with van der Waals surface area (Å²) in [5.74, 6) is -1.16. The van der Waals surface area contributed by atoms with Gasteiger partial charge in [-0.25, -0.2) is 0 Å². The molecule has 7 nitrogen and oxygen atoms in total. The van der Waals surface area contributed by atoms with Crippen LogP contribution in [-0.2, 0) is 6.54 Å². The number of hydrogen-bond donors (Lipinski definition) is 2. The molecule has 0 radical (unpaired) electrons. The molecule has 2 aromatic rings. The molecule has 1 amide bonds. The number of aromatic nitrogens is 1. The van der Waals surface area contributed by atoms with Gasteiger partial charge in [0.1, 0.15) is 0 Å². The van der Waals surface area contributed by atoms with Crippen LogP contribution in [0.2, 0.25) is 10.0 Å². The number of H-pyrrole nitrogens is 1. The van der Waals surface area contributed by atoms with E-state index in [4.69, 9.17) is 32.7 Å². The van der Waals surface area contributed by atoms with E-state index in [-0.39, 0.29) is 46.7 Å². The van der Waals surface area contributed by atoms with Crippen LogP contribution in [0.15, 0.2) is 16.9 Å². The van der Waals surface area contributed by atoms with Gasteiger partial charge >= 0.3 is 6.18 Å². The molecular formula is C24H26Cl2F3N3O4. The largest absolute Gasteiger partial charge is 0.448 e. The standard InChI is InChI=1S/C24H26Cl2F3N3O4/c1-12-8-17(25)16(22(34)31-12)10-30-21(33)15-9-18(26)20-19(13(15)2)35-23(3,36-20)14-4-6-32(7-5-14)11-24(27,28)29/h8-9,14H,4-7,10-11H2,1-3H3,(H,30,33)(H,31,34)/t23-/m1/s1. The summed E-state index contributed by atoms with van der Waals surface area (Å²) in [6, 6.07) is 3.06. The molecule has 2 aliphatic rings. The van der Waals surface area contributed by atoms with E-state index >= 15 is 0 Å². The van der Waals surface area contributed by atoms with Gasteiger partial charge in [0, 0.05) is 29.7 Å². The predicted octanol–water partition coefficient (Wildman–Crippen LogP) is 4.99. The lowest BCUT2D eigenvalue weighted by Gasteiger charge is -2.38. The molecule has 2 aliphatic heterocycles. The number of carbonyl (C=O) groups is 1. The van der Waals surface area contributed by atoms with Crippen molar-refractivity contribution in [2.75, 3.05) is 19.6 Å². The minimum Gasteiger partial charge on any atom is -0.448 e. The molecule has 36 heavy (non-hydrogen) atoms. The van der Waals surface area contributed by atoms with E-state index < -0.39 is 30.0 Å². The van der Waals surface area contributed by atoms with Gasteiger partial charge in [-0.15, -0.1) is 0 Å². The number of amides is 1. The van der Waals surface area contributed by atoms with Gasteiger partial charge in [0.15, 0.2) is 11.5 Å². The molecule has 4 rings (SSSR count). The van der Waals surface area contributed by atoms with Crippen LogP contribution in [-0.4, -0.2) is 47.4 Å². The number of pyridine rings is 1. The normalized spacial score (nSPS) is 20.6. The van der Waals surface area contributed by atoms with Crippen LogP contribution in [0.25, 0.3) is 0 Å². The monoisotopic (exact) mass is 547 g/mol. The maximum Gasteiger partial charge on any atom is 0.401 e. The molecule has 196 valence electrons. The number of hydrogen-bond acceptors (Lipinski definition) is 5. The Morgan fingerprint density at radius 2 is 1.81 bits per heavy atom. The quantitative estimate of drug-likeness (QED) is 0.551. The Labute approximate surface area is 215 Å². The first kappa shape index (κ1) is 26.6. The Morgan fingerprint density at radius 1 is 1.17 bits per heavy atom. The number of aryl methyl sites for hydroxylation is 1. The Bertz CT molecular complexity index is 1240. The Balaban J connectivity index is 1.48. The number of aromatic amines is 1. The lowest BCUT2D eigenvalue weighted by molar-refractivity contribution is -0.159. The Hall–Kier alpha value is -2.43. The topological polar surface area (TPSA) is 83.7 Å². The molecular weight excluding hydrogens is 522 g/mol. The van der Waals surface area contributed by atoms with Gasteiger partial charge in [0.05, 0.1) is 28.7 Å². The van der Waals surface area contributed by atoms with Gasteiger partial charge in [0.2, 0.25) is 0 Å². The number of carbonyl (C=O) groups excluding carboxylic acids is 1. The van der Waals surface area contributed by atoms with E-state index in [2.05, 4.69) is 10.3 Å². The molecule has 0 aliphatic carbocycles. The van der Waals surface area contributed by atoms with Gasteiger partial charge in [-0.2, -0.15) is 13.2 Å². The Morgan fingerprint density at radius 3 is 2.42 bits per heavy atom. The first-order valence-electron chi connectivity index (χ1n) is 11.4. The number of halogens is 5. The van der Waals surface area contributed by atoms with Gasteiger partial charge in [-0.3, -0.25) is 14.5 Å². The summed E-state index contributed by atoms with van der Waals surface area (Å²) in [5, 5.41) is 3.10. The number of ether oxygens (including phenoxy) is 2. The van der Waals surface area contributed by atoms with Crippen molar-refractivity contribution in [1.29, 1.82) is 0 Å². The summed E-state index contributed by atoms with van der Waals surface area (Å²) < 4.78 is 50.5. The molecule has 0 spiro atoms. The van der Waals surface area contributed by atoms with Crippen LogP contribution in [0.5, 0.6) is 11.5 Å². The molecule has 2 N–H and O–H groups in total. The molecule has 0 unspecified atom stereocenters. The van der Waals surface area contributed by atoms with Crippen molar-refractivity contribution in [3.63, 3.8) is 0 Å². The smallest absolute Gasteiger partial charge is 0.401 e. The number of alkyl halides is 3. The third-order valence-corrected chi connectivity index (χ3v) is 7.28. The molecule has 1 saturated heterocycles. The zero-order chi connectivity index (χ0) is 26.4. The summed E-state index contributed by atoms with van der Waals surface area (Å²) in [5.41, 5.74) is 1.18. The van der Waals surface area contributed by atoms with Gasteiger partial charge in [-0.1, -0.05) is 23.2 Å². The summed E-state index contributed by atoms with van der Waals surface area (Å²) in [4.78, 5) is 29.2. The minimum atomic E-state index is -4.24. The highest BCUT2D eigenvalue weighted by atomic mass is 35.5. The minimum absolute atomic E-state index is 0.0903. The first-order valence-corrected chi connectivity index (χ1v) is 12.2. The average molecular weight is 548 g/mol. The highest BCUT2D eigenvalue weighted by molar-refractivity contribution is 6.33. The van der Waals surface area contributed by atoms with Gasteiger partial charge in [-0.05, 0) is 51.9 Å². The number of benzene rings is 1. The van der Waals surface area contributed by atoms with E-state index in [1.54, 1.807) is 26.8 Å². The third kappa shape index (κ3) is 5.45. The number of nitrogens with zero attached hydrogens (tertiary/aromatic N) is 1. The molecule has 3 heterocycles. The second-order valence-corrected chi connectivity index (χ2v) is 10.2. The molecule has 1 fully saturated rings. The zero-order valence-corrected chi connectivity index (χ0v) is 21.5. The number of fused-ring (bicyclic) bond motifs is 1. The van der Waals surface area contributed by atoms with E-state index in [0.717, 1.165) is 0 Å². The second kappa shape index (κ2) is 9.79. The lowest BCUT2D eigenvalue weighted by Crippen LogP contribution is -2.49. The molecule has 1 aromatic heterocycles. The number of piperidine rings is 1. The molecule has 12 heteroatoms. The Kier molecular flexibility index (Phi) is 7.24. The highest BCUT2D eigenvalue weighted by Gasteiger charge is 2.48. The van der Waals surface area contributed by atoms with Crippen LogP contribution in [0.3, 0.4) is 0 Å². The van der Waals surface area contributed by atoms with E-state index in [0.29, 0.717) is 35.6 Å². The van der Waals surface area contributed by atoms with Crippen LogP contribution >= 0.6 is 23.2 Å². The van der Waals surface area contributed by atoms with Crippen molar-refractivity contribution >= 4 is 29.1 Å². The summed E-state index contributed by atoms with van der Waals surface area (Å²) >= 11 is 12.6. The fraction of sp³-hybridized carbons (Fsp3) is 0.500. The maximum absolute atomic E-state index is 13.0. The number of likely N-dealkylation sites (tertiary alicyclic amines) is 1. The lowest BCUT2D eigenvalue weighted by atomic mass is 9.89. The van der Waals surface area contributed by atoms with Gasteiger partial charge < -0.3 is 19.8 Å². The van der Waals surface area contributed by atoms with Crippen molar-refractivity contribution in [2.24, 2.45) is 5.92 Å². The van der Waals surface area contributed by atoms with E-state index in [1.165, 1.54) is 11.0 Å². The van der Waals surface area contributed by atoms with Crippen molar-refractivity contribution in [1.82, 2.24) is 15.2 Å². The summed E-state index contributed by atoms with van der Waals surface area (Å²) in [6.07, 6.45) is -3.33. The van der Waals surface area contributed by atoms with Gasteiger partial charge in [0.25, 0.3) is 17.3 Å². The van der Waals surface area contributed by atoms with Crippen LogP contribution in [0.1, 0.15) is 46.9 Å².